The Morgan fingerprint density at radius 2 is 1.86 bits per heavy atom. The van der Waals surface area contributed by atoms with Gasteiger partial charge in [0.15, 0.2) is 0 Å². The second kappa shape index (κ2) is 15.0. The summed E-state index contributed by atoms with van der Waals surface area (Å²) in [4.78, 5) is 43.4. The molecule has 0 radical (unpaired) electrons. The van der Waals surface area contributed by atoms with Crippen molar-refractivity contribution >= 4 is 29.4 Å². The standard InChI is InChI=1S/C33H40N2O8/c1-43-20-23-18-25-31(33(42)35(32(25)41)16-6-2-3-8-29(39)40)26(19-36)30(23)28(38)14-11-22(27-7-4-5-15-34-27)17-21-9-12-24(37)13-10-21/h4-5,7,9-10,12-13,15,17,25-26,28,31,36-38H,2-3,6,8,11,14,16,18-20H2,1H3,(H,39,40)/b22-17-/t25-,26+,28-,31-/m1/s1. The predicted molar refractivity (Wildman–Crippen MR) is 159 cm³/mol. The van der Waals surface area contributed by atoms with Crippen LogP contribution in [0.3, 0.4) is 0 Å². The zero-order chi connectivity index (χ0) is 30.9. The van der Waals surface area contributed by atoms with Gasteiger partial charge in [-0.1, -0.05) is 24.6 Å². The van der Waals surface area contributed by atoms with Crippen molar-refractivity contribution < 1.29 is 39.5 Å². The Bertz CT molecular complexity index is 1340. The Labute approximate surface area is 251 Å². The second-order valence-electron chi connectivity index (χ2n) is 11.2. The van der Waals surface area contributed by atoms with Crippen LogP contribution >= 0.6 is 0 Å². The highest BCUT2D eigenvalue weighted by Gasteiger charge is 2.54. The van der Waals surface area contributed by atoms with Crippen molar-refractivity contribution in [3.8, 4) is 5.75 Å². The van der Waals surface area contributed by atoms with E-state index in [0.29, 0.717) is 31.3 Å². The van der Waals surface area contributed by atoms with Gasteiger partial charge < -0.3 is 25.2 Å². The van der Waals surface area contributed by atoms with Crippen LogP contribution in [0.15, 0.2) is 59.8 Å². The molecule has 230 valence electrons. The molecule has 0 bridgehead atoms. The Hall–Kier alpha value is -3.86. The number of ether oxygens (including phenoxy) is 1. The number of allylic oxidation sites excluding steroid dienone is 1. The van der Waals surface area contributed by atoms with Gasteiger partial charge in [-0.25, -0.2) is 0 Å². The van der Waals surface area contributed by atoms with Crippen LogP contribution in [0, 0.1) is 17.8 Å². The van der Waals surface area contributed by atoms with Gasteiger partial charge in [0.05, 0.1) is 36.8 Å². The van der Waals surface area contributed by atoms with Gasteiger partial charge >= 0.3 is 5.97 Å². The molecule has 43 heavy (non-hydrogen) atoms. The fourth-order valence-electron chi connectivity index (χ4n) is 6.32. The third-order valence-corrected chi connectivity index (χ3v) is 8.34. The SMILES string of the molecule is COCC1=C([C@H](O)CC/C(=C/c2ccc(O)cc2)c2ccccn2)[C@H](CO)[C@@H]2C(=O)N(CCCCCC(=O)O)C(=O)[C@@H]2C1. The molecular formula is C33H40N2O8. The summed E-state index contributed by atoms with van der Waals surface area (Å²) in [6, 6.07) is 12.4. The number of unbranched alkanes of at least 4 members (excludes halogenated alkanes) is 2. The highest BCUT2D eigenvalue weighted by Crippen LogP contribution is 2.46. The first-order chi connectivity index (χ1) is 20.7. The number of aliphatic hydroxyl groups excluding tert-OH is 2. The fourth-order valence-corrected chi connectivity index (χ4v) is 6.32. The number of carboxylic acid groups (broad SMARTS) is 1. The molecule has 1 aromatic heterocycles. The zero-order valence-corrected chi connectivity index (χ0v) is 24.4. The van der Waals surface area contributed by atoms with Crippen LogP contribution in [0.25, 0.3) is 11.6 Å². The van der Waals surface area contributed by atoms with Gasteiger partial charge in [0.25, 0.3) is 0 Å². The van der Waals surface area contributed by atoms with E-state index >= 15 is 0 Å². The number of methoxy groups -OCH3 is 1. The summed E-state index contributed by atoms with van der Waals surface area (Å²) in [5, 5.41) is 40.7. The number of phenols is 1. The minimum absolute atomic E-state index is 0.0391. The van der Waals surface area contributed by atoms with Gasteiger partial charge in [0.2, 0.25) is 11.8 Å². The molecule has 1 fully saturated rings. The first-order valence-electron chi connectivity index (χ1n) is 14.7. The lowest BCUT2D eigenvalue weighted by Crippen LogP contribution is -2.39. The van der Waals surface area contributed by atoms with Crippen LogP contribution in [-0.4, -0.2) is 81.1 Å². The number of hydrogen-bond acceptors (Lipinski definition) is 8. The number of aliphatic carboxylic acids is 1. The lowest BCUT2D eigenvalue weighted by molar-refractivity contribution is -0.141. The number of carboxylic acids is 1. The summed E-state index contributed by atoms with van der Waals surface area (Å²) in [6.07, 6.45) is 5.22. The molecule has 4 N–H and O–H groups in total. The average molecular weight is 593 g/mol. The monoisotopic (exact) mass is 592 g/mol. The topological polar surface area (TPSA) is 157 Å². The van der Waals surface area contributed by atoms with E-state index in [4.69, 9.17) is 9.84 Å². The second-order valence-corrected chi connectivity index (χ2v) is 11.2. The van der Waals surface area contributed by atoms with Crippen LogP contribution in [0.1, 0.15) is 56.2 Å². The van der Waals surface area contributed by atoms with Crippen LogP contribution in [0.4, 0.5) is 0 Å². The Balaban J connectivity index is 1.54. The van der Waals surface area contributed by atoms with E-state index in [1.807, 2.05) is 24.3 Å². The molecule has 10 nitrogen and oxygen atoms in total. The fraction of sp³-hybridized carbons (Fsp3) is 0.455. The molecular weight excluding hydrogens is 552 g/mol. The summed E-state index contributed by atoms with van der Waals surface area (Å²) >= 11 is 0. The van der Waals surface area contributed by atoms with E-state index < -0.39 is 36.4 Å². The lowest BCUT2D eigenvalue weighted by Gasteiger charge is -2.36. The van der Waals surface area contributed by atoms with E-state index in [0.717, 1.165) is 22.4 Å². The number of aliphatic hydroxyl groups is 2. The van der Waals surface area contributed by atoms with Gasteiger partial charge in [0, 0.05) is 32.2 Å². The maximum atomic E-state index is 13.5. The van der Waals surface area contributed by atoms with Gasteiger partial charge in [-0.05, 0) is 84.7 Å². The summed E-state index contributed by atoms with van der Waals surface area (Å²) in [7, 11) is 1.53. The summed E-state index contributed by atoms with van der Waals surface area (Å²) < 4.78 is 5.44. The number of fused-ring (bicyclic) bond motifs is 1. The summed E-state index contributed by atoms with van der Waals surface area (Å²) in [5.74, 6) is -3.50. The number of benzene rings is 1. The molecule has 2 aromatic rings. The number of amides is 2. The van der Waals surface area contributed by atoms with E-state index in [1.165, 1.54) is 12.0 Å². The molecule has 0 unspecified atom stereocenters. The molecule has 1 saturated heterocycles. The number of rotatable bonds is 15. The molecule has 4 rings (SSSR count). The molecule has 2 heterocycles. The van der Waals surface area contributed by atoms with Crippen molar-refractivity contribution in [2.24, 2.45) is 17.8 Å². The number of aromatic hydroxyl groups is 1. The van der Waals surface area contributed by atoms with Gasteiger partial charge in [0.1, 0.15) is 5.75 Å². The Morgan fingerprint density at radius 3 is 2.51 bits per heavy atom. The van der Waals surface area contributed by atoms with Gasteiger partial charge in [-0.2, -0.15) is 0 Å². The van der Waals surface area contributed by atoms with E-state index in [2.05, 4.69) is 4.98 Å². The molecule has 1 aromatic carbocycles. The Morgan fingerprint density at radius 1 is 1.09 bits per heavy atom. The predicted octanol–water partition coefficient (Wildman–Crippen LogP) is 3.67. The highest BCUT2D eigenvalue weighted by molar-refractivity contribution is 6.05. The van der Waals surface area contributed by atoms with Crippen molar-refractivity contribution in [3.05, 3.63) is 71.1 Å². The lowest BCUT2D eigenvalue weighted by atomic mass is 9.68. The van der Waals surface area contributed by atoms with Crippen molar-refractivity contribution in [1.82, 2.24) is 9.88 Å². The molecule has 2 aliphatic rings. The minimum atomic E-state index is -0.997. The first-order valence-corrected chi connectivity index (χ1v) is 14.7. The molecule has 0 spiro atoms. The molecule has 2 amide bonds. The van der Waals surface area contributed by atoms with Crippen LogP contribution in [0.2, 0.25) is 0 Å². The van der Waals surface area contributed by atoms with Gasteiger partial charge in [-0.15, -0.1) is 0 Å². The zero-order valence-electron chi connectivity index (χ0n) is 24.4. The number of carbonyl (C=O) groups excluding carboxylic acids is 2. The number of phenolic OH excluding ortho intramolecular Hbond substituents is 1. The number of imide groups is 1. The quantitative estimate of drug-likeness (QED) is 0.138. The van der Waals surface area contributed by atoms with E-state index in [9.17, 15) is 29.7 Å². The third-order valence-electron chi connectivity index (χ3n) is 8.34. The molecule has 10 heteroatoms. The molecule has 1 aliphatic heterocycles. The molecule has 0 saturated carbocycles. The number of nitrogens with zero attached hydrogens (tertiary/aromatic N) is 2. The first kappa shape index (κ1) is 32.1. The van der Waals surface area contributed by atoms with Crippen LogP contribution in [-0.2, 0) is 19.1 Å². The smallest absolute Gasteiger partial charge is 0.303 e. The summed E-state index contributed by atoms with van der Waals surface area (Å²) in [5.41, 5.74) is 3.75. The normalized spacial score (nSPS) is 21.3. The number of aromatic nitrogens is 1. The largest absolute Gasteiger partial charge is 0.508 e. The van der Waals surface area contributed by atoms with Crippen LogP contribution in [0.5, 0.6) is 5.75 Å². The van der Waals surface area contributed by atoms with Crippen LogP contribution < -0.4 is 0 Å². The Kier molecular flexibility index (Phi) is 11.2. The van der Waals surface area contributed by atoms with Crippen molar-refractivity contribution in [3.63, 3.8) is 0 Å². The van der Waals surface area contributed by atoms with Crippen molar-refractivity contribution in [2.45, 2.75) is 51.0 Å². The number of likely N-dealkylation sites (tertiary alicyclic amines) is 1. The van der Waals surface area contributed by atoms with Gasteiger partial charge in [-0.3, -0.25) is 24.3 Å². The number of hydrogen-bond donors (Lipinski definition) is 4. The summed E-state index contributed by atoms with van der Waals surface area (Å²) in [6.45, 7) is -0.0304. The average Bonchev–Trinajstić information content (AvgIpc) is 3.24. The van der Waals surface area contributed by atoms with Crippen molar-refractivity contribution in [1.29, 1.82) is 0 Å². The number of carbonyl (C=O) groups is 3. The maximum Gasteiger partial charge on any atom is 0.303 e. The highest BCUT2D eigenvalue weighted by atomic mass is 16.5. The van der Waals surface area contributed by atoms with E-state index in [1.54, 1.807) is 30.5 Å². The molecule has 4 atom stereocenters. The van der Waals surface area contributed by atoms with E-state index in [-0.39, 0.29) is 50.0 Å². The maximum absolute atomic E-state index is 13.5. The van der Waals surface area contributed by atoms with Crippen molar-refractivity contribution in [2.75, 3.05) is 26.9 Å². The molecule has 1 aliphatic carbocycles. The minimum Gasteiger partial charge on any atom is -0.508 e. The number of pyridine rings is 1. The third kappa shape index (κ3) is 7.76.